The molecule has 0 saturated heterocycles. The quantitative estimate of drug-likeness (QED) is 0.373. The predicted molar refractivity (Wildman–Crippen MR) is 124 cm³/mol. The molecule has 0 N–H and O–H groups in total. The van der Waals surface area contributed by atoms with Crippen LogP contribution in [-0.4, -0.2) is 35.7 Å². The Morgan fingerprint density at radius 2 is 1.48 bits per heavy atom. The van der Waals surface area contributed by atoms with Gasteiger partial charge in [0, 0.05) is 15.3 Å². The largest absolute Gasteiger partial charge is 0.464 e. The van der Waals surface area contributed by atoms with E-state index in [2.05, 4.69) is 22.5 Å². The summed E-state index contributed by atoms with van der Waals surface area (Å²) in [7, 11) is 0. The molecule has 0 aliphatic carbocycles. The molecule has 3 aromatic rings. The Morgan fingerprint density at radius 1 is 0.939 bits per heavy atom. The van der Waals surface area contributed by atoms with Crippen LogP contribution in [0, 0.1) is 0 Å². The fourth-order valence-corrected chi connectivity index (χ4v) is 5.87. The third-order valence-electron chi connectivity index (χ3n) is 5.90. The first-order valence-corrected chi connectivity index (χ1v) is 11.7. The molecule has 8 heteroatoms. The number of hydrogen-bond acceptors (Lipinski definition) is 8. The first-order valence-electron chi connectivity index (χ1n) is 10.9. The molecule has 0 bridgehead atoms. The van der Waals surface area contributed by atoms with Gasteiger partial charge >= 0.3 is 17.5 Å². The monoisotopic (exact) mass is 461 g/mol. The third kappa shape index (κ3) is 3.24. The number of carbonyl (C=O) groups excluding carboxylic acids is 2. The molecule has 2 aliphatic heterocycles. The molecule has 2 aliphatic rings. The summed E-state index contributed by atoms with van der Waals surface area (Å²) in [4.78, 5) is 28.6. The number of thiophene rings is 1. The van der Waals surface area contributed by atoms with Crippen LogP contribution in [0.5, 0.6) is 0 Å². The number of hydrogen-bond donors (Lipinski definition) is 0. The number of carbonyl (C=O) groups is 2. The SMILES string of the molecule is CCOC(=O)C1(C(=O)OCC)N=NN2Cc3c(-c4ccccc4)sc(-c4ccccc4)c3C21. The van der Waals surface area contributed by atoms with E-state index >= 15 is 0 Å². The highest BCUT2D eigenvalue weighted by atomic mass is 32.1. The predicted octanol–water partition coefficient (Wildman–Crippen LogP) is 5.18. The van der Waals surface area contributed by atoms with Crippen LogP contribution in [0.4, 0.5) is 0 Å². The first-order chi connectivity index (χ1) is 16.1. The Balaban J connectivity index is 1.74. The Bertz CT molecular complexity index is 1210. The lowest BCUT2D eigenvalue weighted by atomic mass is 9.85. The molecule has 7 nitrogen and oxygen atoms in total. The first kappa shape index (κ1) is 21.3. The second-order valence-corrected chi connectivity index (χ2v) is 8.80. The van der Waals surface area contributed by atoms with Gasteiger partial charge in [0.2, 0.25) is 0 Å². The van der Waals surface area contributed by atoms with Crippen molar-refractivity contribution >= 4 is 23.3 Å². The topological polar surface area (TPSA) is 80.6 Å². The van der Waals surface area contributed by atoms with Gasteiger partial charge in [-0.1, -0.05) is 65.9 Å². The van der Waals surface area contributed by atoms with E-state index in [4.69, 9.17) is 9.47 Å². The van der Waals surface area contributed by atoms with Crippen molar-refractivity contribution in [1.29, 1.82) is 0 Å². The second kappa shape index (κ2) is 8.44. The zero-order valence-electron chi connectivity index (χ0n) is 18.4. The molecule has 3 heterocycles. The van der Waals surface area contributed by atoms with Crippen molar-refractivity contribution < 1.29 is 19.1 Å². The van der Waals surface area contributed by atoms with Crippen LogP contribution < -0.4 is 0 Å². The summed E-state index contributed by atoms with van der Waals surface area (Å²) in [6.07, 6.45) is 0. The molecule has 0 radical (unpaired) electrons. The van der Waals surface area contributed by atoms with E-state index < -0.39 is 23.5 Å². The molecule has 0 amide bonds. The number of ether oxygens (including phenoxy) is 2. The zero-order valence-corrected chi connectivity index (χ0v) is 19.2. The fourth-order valence-electron chi connectivity index (χ4n) is 4.51. The summed E-state index contributed by atoms with van der Waals surface area (Å²) in [6.45, 7) is 4.10. The lowest BCUT2D eigenvalue weighted by Gasteiger charge is -2.28. The number of benzene rings is 2. The molecule has 0 spiro atoms. The van der Waals surface area contributed by atoms with Crippen molar-refractivity contribution in [2.24, 2.45) is 10.3 Å². The van der Waals surface area contributed by atoms with Gasteiger partial charge in [-0.05, 0) is 30.5 Å². The van der Waals surface area contributed by atoms with Crippen molar-refractivity contribution in [2.45, 2.75) is 32.0 Å². The van der Waals surface area contributed by atoms with Crippen molar-refractivity contribution in [2.75, 3.05) is 13.2 Å². The van der Waals surface area contributed by atoms with E-state index in [1.54, 1.807) is 30.2 Å². The Kier molecular flexibility index (Phi) is 5.46. The average Bonchev–Trinajstić information content (AvgIpc) is 3.50. The van der Waals surface area contributed by atoms with Gasteiger partial charge in [0.1, 0.15) is 6.04 Å². The minimum absolute atomic E-state index is 0.125. The Labute approximate surface area is 195 Å². The van der Waals surface area contributed by atoms with E-state index in [1.807, 2.05) is 48.5 Å². The molecular weight excluding hydrogens is 438 g/mol. The van der Waals surface area contributed by atoms with Gasteiger partial charge in [-0.3, -0.25) is 5.01 Å². The van der Waals surface area contributed by atoms with Crippen LogP contribution in [0.2, 0.25) is 0 Å². The molecule has 0 fully saturated rings. The summed E-state index contributed by atoms with van der Waals surface area (Å²) < 4.78 is 10.7. The average molecular weight is 462 g/mol. The van der Waals surface area contributed by atoms with Crippen molar-refractivity contribution in [3.8, 4) is 20.9 Å². The van der Waals surface area contributed by atoms with Crippen LogP contribution in [0.3, 0.4) is 0 Å². The van der Waals surface area contributed by atoms with Gasteiger partial charge in [0.25, 0.3) is 0 Å². The van der Waals surface area contributed by atoms with Crippen LogP contribution in [0.1, 0.15) is 31.0 Å². The van der Waals surface area contributed by atoms with Gasteiger partial charge in [0.15, 0.2) is 0 Å². The van der Waals surface area contributed by atoms with E-state index in [0.29, 0.717) is 6.54 Å². The normalized spacial score (nSPS) is 17.5. The van der Waals surface area contributed by atoms with Crippen molar-refractivity contribution in [3.63, 3.8) is 0 Å². The van der Waals surface area contributed by atoms with Crippen LogP contribution in [0.25, 0.3) is 20.9 Å². The molecule has 1 unspecified atom stereocenters. The lowest BCUT2D eigenvalue weighted by Crippen LogP contribution is -2.51. The third-order valence-corrected chi connectivity index (χ3v) is 7.24. The maximum Gasteiger partial charge on any atom is 0.350 e. The van der Waals surface area contributed by atoms with Crippen LogP contribution in [-0.2, 0) is 25.6 Å². The lowest BCUT2D eigenvalue weighted by molar-refractivity contribution is -0.166. The van der Waals surface area contributed by atoms with Gasteiger partial charge in [-0.15, -0.1) is 16.5 Å². The highest BCUT2D eigenvalue weighted by Crippen LogP contribution is 2.57. The van der Waals surface area contributed by atoms with Crippen molar-refractivity contribution in [1.82, 2.24) is 5.01 Å². The zero-order chi connectivity index (χ0) is 23.0. The molecule has 0 saturated carbocycles. The van der Waals surface area contributed by atoms with Gasteiger partial charge in [0.05, 0.1) is 19.8 Å². The van der Waals surface area contributed by atoms with E-state index in [9.17, 15) is 9.59 Å². The Morgan fingerprint density at radius 3 is 2.03 bits per heavy atom. The fraction of sp³-hybridized carbons (Fsp3) is 0.280. The number of nitrogens with zero attached hydrogens (tertiary/aromatic N) is 3. The summed E-state index contributed by atoms with van der Waals surface area (Å²) in [6, 6.07) is 19.4. The minimum atomic E-state index is -1.89. The molecule has 1 atom stereocenters. The smallest absolute Gasteiger partial charge is 0.350 e. The number of rotatable bonds is 6. The van der Waals surface area contributed by atoms with Gasteiger partial charge in [-0.25, -0.2) is 9.59 Å². The summed E-state index contributed by atoms with van der Waals surface area (Å²) in [5.74, 6) is -1.47. The second-order valence-electron chi connectivity index (χ2n) is 7.78. The van der Waals surface area contributed by atoms with Gasteiger partial charge in [-0.2, -0.15) is 0 Å². The standard InChI is InChI=1S/C25H23N3O4S/c1-3-31-23(29)25(24(30)32-4-2)22-19-18(15-28(22)27-26-25)20(16-11-7-5-8-12-16)33-21(19)17-13-9-6-10-14-17/h5-14,22H,3-4,15H2,1-2H3. The maximum absolute atomic E-state index is 13.3. The maximum atomic E-state index is 13.3. The summed E-state index contributed by atoms with van der Waals surface area (Å²) in [5, 5.41) is 10.2. The number of esters is 2. The van der Waals surface area contributed by atoms with Crippen LogP contribution in [0.15, 0.2) is 71.0 Å². The highest BCUT2D eigenvalue weighted by Gasteiger charge is 2.65. The van der Waals surface area contributed by atoms with E-state index in [1.165, 1.54) is 0 Å². The molecule has 2 aromatic carbocycles. The van der Waals surface area contributed by atoms with E-state index in [0.717, 1.165) is 32.0 Å². The number of fused-ring (bicyclic) bond motifs is 3. The molecular formula is C25H23N3O4S. The molecule has 1 aromatic heterocycles. The van der Waals surface area contributed by atoms with Crippen LogP contribution >= 0.6 is 11.3 Å². The molecule has 168 valence electrons. The molecule has 33 heavy (non-hydrogen) atoms. The summed E-state index contributed by atoms with van der Waals surface area (Å²) in [5.41, 5.74) is 2.13. The Hall–Kier alpha value is -3.52. The highest BCUT2D eigenvalue weighted by molar-refractivity contribution is 7.19. The minimum Gasteiger partial charge on any atom is -0.464 e. The molecule has 5 rings (SSSR count). The van der Waals surface area contributed by atoms with Crippen molar-refractivity contribution in [3.05, 3.63) is 71.8 Å². The van der Waals surface area contributed by atoms with E-state index in [-0.39, 0.29) is 13.2 Å². The summed E-state index contributed by atoms with van der Waals surface area (Å²) >= 11 is 1.65. The van der Waals surface area contributed by atoms with Gasteiger partial charge < -0.3 is 9.47 Å².